The van der Waals surface area contributed by atoms with Gasteiger partial charge in [-0.3, -0.25) is 4.79 Å². The van der Waals surface area contributed by atoms with Gasteiger partial charge in [-0.25, -0.2) is 0 Å². The Balaban J connectivity index is 1.89. The normalized spacial score (nSPS) is 14.4. The molecule has 114 valence electrons. The third-order valence-electron chi connectivity index (χ3n) is 3.37. The molecule has 0 aromatic heterocycles. The van der Waals surface area contributed by atoms with E-state index in [4.69, 9.17) is 15.9 Å². The summed E-state index contributed by atoms with van der Waals surface area (Å²) in [5.41, 5.74) is 1.63. The Morgan fingerprint density at radius 2 is 2.04 bits per heavy atom. The van der Waals surface area contributed by atoms with Gasteiger partial charge < -0.3 is 9.47 Å². The van der Waals surface area contributed by atoms with E-state index in [0.29, 0.717) is 16.4 Å². The first kappa shape index (κ1) is 15.3. The van der Waals surface area contributed by atoms with Crippen LogP contribution in [0.4, 0.5) is 0 Å². The second-order valence-corrected chi connectivity index (χ2v) is 5.92. The molecule has 0 amide bonds. The molecule has 3 nitrogen and oxygen atoms in total. The van der Waals surface area contributed by atoms with Gasteiger partial charge in [0.1, 0.15) is 6.61 Å². The van der Waals surface area contributed by atoms with Gasteiger partial charge in [-0.05, 0) is 35.9 Å². The maximum absolute atomic E-state index is 12.4. The van der Waals surface area contributed by atoms with Gasteiger partial charge in [0.05, 0.1) is 12.0 Å². The van der Waals surface area contributed by atoms with E-state index in [0.717, 1.165) is 16.0 Å². The number of ketones is 1. The van der Waals surface area contributed by atoms with Crippen LogP contribution in [0.3, 0.4) is 0 Å². The molecule has 0 fully saturated rings. The van der Waals surface area contributed by atoms with Crippen molar-refractivity contribution in [3.8, 4) is 23.8 Å². The van der Waals surface area contributed by atoms with Crippen molar-refractivity contribution in [2.45, 2.75) is 4.90 Å². The van der Waals surface area contributed by atoms with Crippen molar-refractivity contribution in [1.29, 1.82) is 0 Å². The Bertz CT molecular complexity index is 831. The lowest BCUT2D eigenvalue weighted by Crippen LogP contribution is -1.97. The van der Waals surface area contributed by atoms with Crippen molar-refractivity contribution < 1.29 is 14.3 Å². The Kier molecular flexibility index (Phi) is 4.40. The Labute approximate surface area is 139 Å². The first-order chi connectivity index (χ1) is 11.2. The molecule has 1 aliphatic heterocycles. The number of allylic oxidation sites excluding steroid dienone is 1. The summed E-state index contributed by atoms with van der Waals surface area (Å²) >= 11 is 1.48. The maximum atomic E-state index is 12.4. The fraction of sp³-hybridized carbons (Fsp3) is 0.105. The van der Waals surface area contributed by atoms with Crippen LogP contribution in [-0.2, 0) is 0 Å². The van der Waals surface area contributed by atoms with E-state index < -0.39 is 0 Å². The first-order valence-corrected chi connectivity index (χ1v) is 7.82. The molecule has 23 heavy (non-hydrogen) atoms. The number of hydrogen-bond acceptors (Lipinski definition) is 4. The standard InChI is InChI=1S/C19H14O3S/c1-3-10-22-15-9-8-13(11-16(15)21-2)12-18-19(20)14-6-4-5-7-17(14)23-18/h1,4-9,11-12H,10H2,2H3/b18-12+. The Morgan fingerprint density at radius 1 is 1.22 bits per heavy atom. The molecule has 0 bridgehead atoms. The highest BCUT2D eigenvalue weighted by molar-refractivity contribution is 8.04. The quantitative estimate of drug-likeness (QED) is 0.629. The molecule has 2 aromatic rings. The zero-order valence-electron chi connectivity index (χ0n) is 12.5. The lowest BCUT2D eigenvalue weighted by atomic mass is 10.1. The van der Waals surface area contributed by atoms with Gasteiger partial charge in [0.2, 0.25) is 5.78 Å². The van der Waals surface area contributed by atoms with Crippen LogP contribution in [0, 0.1) is 12.3 Å². The van der Waals surface area contributed by atoms with Crippen molar-refractivity contribution in [3.05, 3.63) is 58.5 Å². The van der Waals surface area contributed by atoms with Crippen LogP contribution < -0.4 is 9.47 Å². The second-order valence-electron chi connectivity index (χ2n) is 4.84. The van der Waals surface area contributed by atoms with Gasteiger partial charge in [-0.15, -0.1) is 6.42 Å². The highest BCUT2D eigenvalue weighted by Gasteiger charge is 2.25. The molecular weight excluding hydrogens is 308 g/mol. The number of carbonyl (C=O) groups is 1. The molecule has 1 aliphatic rings. The summed E-state index contributed by atoms with van der Waals surface area (Å²) in [6.07, 6.45) is 7.06. The summed E-state index contributed by atoms with van der Waals surface area (Å²) in [6.45, 7) is 0.181. The summed E-state index contributed by atoms with van der Waals surface area (Å²) in [6, 6.07) is 13.1. The number of fused-ring (bicyclic) bond motifs is 1. The minimum absolute atomic E-state index is 0.0530. The average molecular weight is 322 g/mol. The highest BCUT2D eigenvalue weighted by Crippen LogP contribution is 2.41. The molecule has 0 radical (unpaired) electrons. The van der Waals surface area contributed by atoms with Crippen LogP contribution in [0.1, 0.15) is 15.9 Å². The van der Waals surface area contributed by atoms with Crippen molar-refractivity contribution >= 4 is 23.6 Å². The van der Waals surface area contributed by atoms with E-state index in [1.165, 1.54) is 11.8 Å². The summed E-state index contributed by atoms with van der Waals surface area (Å²) in [4.78, 5) is 14.1. The molecule has 2 aromatic carbocycles. The first-order valence-electron chi connectivity index (χ1n) is 7.00. The van der Waals surface area contributed by atoms with E-state index in [-0.39, 0.29) is 12.4 Å². The van der Waals surface area contributed by atoms with Crippen LogP contribution in [0.5, 0.6) is 11.5 Å². The topological polar surface area (TPSA) is 35.5 Å². The van der Waals surface area contributed by atoms with E-state index in [2.05, 4.69) is 5.92 Å². The molecule has 0 atom stereocenters. The van der Waals surface area contributed by atoms with Gasteiger partial charge in [0.15, 0.2) is 11.5 Å². The minimum Gasteiger partial charge on any atom is -0.493 e. The van der Waals surface area contributed by atoms with Crippen LogP contribution in [0.15, 0.2) is 52.3 Å². The molecule has 3 rings (SSSR count). The number of benzene rings is 2. The lowest BCUT2D eigenvalue weighted by Gasteiger charge is -2.09. The van der Waals surface area contributed by atoms with Crippen molar-refractivity contribution in [2.75, 3.05) is 13.7 Å². The lowest BCUT2D eigenvalue weighted by molar-refractivity contribution is 0.104. The number of rotatable bonds is 4. The Hall–Kier alpha value is -2.64. The highest BCUT2D eigenvalue weighted by atomic mass is 32.2. The molecule has 4 heteroatoms. The summed E-state index contributed by atoms with van der Waals surface area (Å²) in [5.74, 6) is 3.64. The smallest absolute Gasteiger partial charge is 0.200 e. The molecular formula is C19H14O3S. The fourth-order valence-corrected chi connectivity index (χ4v) is 3.35. The molecule has 0 aliphatic carbocycles. The predicted molar refractivity (Wildman–Crippen MR) is 91.9 cm³/mol. The maximum Gasteiger partial charge on any atom is 0.200 e. The van der Waals surface area contributed by atoms with Gasteiger partial charge >= 0.3 is 0 Å². The number of ether oxygens (including phenoxy) is 2. The van der Waals surface area contributed by atoms with E-state index >= 15 is 0 Å². The van der Waals surface area contributed by atoms with Gasteiger partial charge in [-0.2, -0.15) is 0 Å². The summed E-state index contributed by atoms with van der Waals surface area (Å²) in [7, 11) is 1.57. The average Bonchev–Trinajstić information content (AvgIpc) is 2.90. The van der Waals surface area contributed by atoms with Gasteiger partial charge in [0, 0.05) is 10.5 Å². The number of terminal acetylenes is 1. The number of hydrogen-bond donors (Lipinski definition) is 0. The Morgan fingerprint density at radius 3 is 2.78 bits per heavy atom. The monoisotopic (exact) mass is 322 g/mol. The zero-order chi connectivity index (χ0) is 16.2. The van der Waals surface area contributed by atoms with Gasteiger partial charge in [0.25, 0.3) is 0 Å². The van der Waals surface area contributed by atoms with Crippen LogP contribution >= 0.6 is 11.8 Å². The molecule has 1 heterocycles. The molecule has 0 spiro atoms. The molecule has 0 N–H and O–H groups in total. The van der Waals surface area contributed by atoms with Gasteiger partial charge in [-0.1, -0.05) is 35.9 Å². The molecule has 0 saturated carbocycles. The molecule has 0 unspecified atom stereocenters. The van der Waals surface area contributed by atoms with Crippen molar-refractivity contribution in [3.63, 3.8) is 0 Å². The summed E-state index contributed by atoms with van der Waals surface area (Å²) < 4.78 is 10.7. The van der Waals surface area contributed by atoms with E-state index in [9.17, 15) is 4.79 Å². The molecule has 0 saturated heterocycles. The SMILES string of the molecule is C#CCOc1ccc(/C=C2/Sc3ccccc3C2=O)cc1OC. The number of Topliss-reactive ketones (excluding diaryl/α,β-unsaturated/α-hetero) is 1. The van der Waals surface area contributed by atoms with Crippen LogP contribution in [-0.4, -0.2) is 19.5 Å². The number of thioether (sulfide) groups is 1. The van der Waals surface area contributed by atoms with Crippen LogP contribution in [0.2, 0.25) is 0 Å². The minimum atomic E-state index is 0.0530. The predicted octanol–water partition coefficient (Wildman–Crippen LogP) is 4.04. The third kappa shape index (κ3) is 3.10. The second kappa shape index (κ2) is 6.64. The van der Waals surface area contributed by atoms with E-state index in [1.54, 1.807) is 13.2 Å². The fourth-order valence-electron chi connectivity index (χ4n) is 2.30. The summed E-state index contributed by atoms with van der Waals surface area (Å²) in [5, 5.41) is 0. The van der Waals surface area contributed by atoms with E-state index in [1.807, 2.05) is 42.5 Å². The number of methoxy groups -OCH3 is 1. The largest absolute Gasteiger partial charge is 0.493 e. The third-order valence-corrected chi connectivity index (χ3v) is 4.47. The van der Waals surface area contributed by atoms with Crippen LogP contribution in [0.25, 0.3) is 6.08 Å². The zero-order valence-corrected chi connectivity index (χ0v) is 13.4. The van der Waals surface area contributed by atoms with Crippen molar-refractivity contribution in [2.24, 2.45) is 0 Å². The number of carbonyl (C=O) groups excluding carboxylic acids is 1. The van der Waals surface area contributed by atoms with Crippen molar-refractivity contribution in [1.82, 2.24) is 0 Å².